The van der Waals surface area contributed by atoms with E-state index in [0.29, 0.717) is 18.5 Å². The van der Waals surface area contributed by atoms with Crippen molar-refractivity contribution in [1.29, 1.82) is 0 Å². The summed E-state index contributed by atoms with van der Waals surface area (Å²) in [5, 5.41) is 19.0. The standard InChI is InChI=1S/C18H30N2O3/c1-14(2)6-9-20-13-18(23)17(22)11-16(20)12-19-8-4-3-5-15(19)7-10-21/h11,13-15,21,23H,3-10,12H2,1-2H3. The Hall–Kier alpha value is -1.33. The Morgan fingerprint density at radius 1 is 1.35 bits per heavy atom. The molecular formula is C18H30N2O3. The number of likely N-dealkylation sites (tertiary alicyclic amines) is 1. The van der Waals surface area contributed by atoms with Crippen LogP contribution in [0.5, 0.6) is 5.75 Å². The summed E-state index contributed by atoms with van der Waals surface area (Å²) in [4.78, 5) is 14.2. The summed E-state index contributed by atoms with van der Waals surface area (Å²) in [5.41, 5.74) is 0.648. The van der Waals surface area contributed by atoms with E-state index >= 15 is 0 Å². The minimum Gasteiger partial charge on any atom is -0.503 e. The van der Waals surface area contributed by atoms with Crippen molar-refractivity contribution in [1.82, 2.24) is 9.47 Å². The Morgan fingerprint density at radius 3 is 2.83 bits per heavy atom. The Balaban J connectivity index is 2.19. The third-order valence-electron chi connectivity index (χ3n) is 4.72. The summed E-state index contributed by atoms with van der Waals surface area (Å²) >= 11 is 0. The predicted octanol–water partition coefficient (Wildman–Crippen LogP) is 2.34. The van der Waals surface area contributed by atoms with Gasteiger partial charge in [0.1, 0.15) is 0 Å². The van der Waals surface area contributed by atoms with E-state index in [9.17, 15) is 15.0 Å². The molecule has 2 N–H and O–H groups in total. The highest BCUT2D eigenvalue weighted by molar-refractivity contribution is 5.20. The van der Waals surface area contributed by atoms with Crippen molar-refractivity contribution in [2.24, 2.45) is 5.92 Å². The van der Waals surface area contributed by atoms with Crippen LogP contribution in [0.25, 0.3) is 0 Å². The third kappa shape index (κ3) is 5.08. The number of aromatic hydroxyl groups is 1. The molecule has 1 aromatic heterocycles. The first-order chi connectivity index (χ1) is 11.0. The van der Waals surface area contributed by atoms with E-state index in [1.54, 1.807) is 12.3 Å². The number of aliphatic hydroxyl groups is 1. The van der Waals surface area contributed by atoms with Gasteiger partial charge in [-0.05, 0) is 38.1 Å². The molecule has 1 saturated heterocycles. The van der Waals surface area contributed by atoms with Crippen LogP contribution < -0.4 is 5.43 Å². The van der Waals surface area contributed by atoms with E-state index in [0.717, 1.165) is 44.5 Å². The average molecular weight is 322 g/mol. The van der Waals surface area contributed by atoms with Gasteiger partial charge in [-0.2, -0.15) is 0 Å². The summed E-state index contributed by atoms with van der Waals surface area (Å²) < 4.78 is 2.02. The maximum Gasteiger partial charge on any atom is 0.223 e. The lowest BCUT2D eigenvalue weighted by atomic mass is 9.99. The molecule has 2 heterocycles. The van der Waals surface area contributed by atoms with Crippen molar-refractivity contribution < 1.29 is 10.2 Å². The number of aliphatic hydroxyl groups excluding tert-OH is 1. The summed E-state index contributed by atoms with van der Waals surface area (Å²) in [6.07, 6.45) is 6.84. The van der Waals surface area contributed by atoms with Gasteiger partial charge in [0.15, 0.2) is 5.75 Å². The number of hydrogen-bond donors (Lipinski definition) is 2. The van der Waals surface area contributed by atoms with Gasteiger partial charge < -0.3 is 14.8 Å². The molecule has 130 valence electrons. The van der Waals surface area contributed by atoms with Crippen molar-refractivity contribution in [3.63, 3.8) is 0 Å². The smallest absolute Gasteiger partial charge is 0.223 e. The fourth-order valence-electron chi connectivity index (χ4n) is 3.30. The molecule has 1 unspecified atom stereocenters. The van der Waals surface area contributed by atoms with E-state index < -0.39 is 0 Å². The highest BCUT2D eigenvalue weighted by Crippen LogP contribution is 2.22. The summed E-state index contributed by atoms with van der Waals surface area (Å²) in [6, 6.07) is 1.96. The number of aryl methyl sites for hydroxylation is 1. The topological polar surface area (TPSA) is 65.7 Å². The highest BCUT2D eigenvalue weighted by Gasteiger charge is 2.23. The molecule has 2 rings (SSSR count). The third-order valence-corrected chi connectivity index (χ3v) is 4.72. The Bertz CT molecular complexity index is 552. The second-order valence-corrected chi connectivity index (χ2v) is 7.02. The van der Waals surface area contributed by atoms with Gasteiger partial charge in [-0.3, -0.25) is 9.69 Å². The molecule has 1 fully saturated rings. The fraction of sp³-hybridized carbons (Fsp3) is 0.722. The van der Waals surface area contributed by atoms with E-state index in [2.05, 4.69) is 18.7 Å². The molecule has 0 aromatic carbocycles. The number of piperidine rings is 1. The monoisotopic (exact) mass is 322 g/mol. The van der Waals surface area contributed by atoms with Gasteiger partial charge in [0.05, 0.1) is 6.20 Å². The van der Waals surface area contributed by atoms with E-state index in [1.165, 1.54) is 6.42 Å². The molecule has 0 saturated carbocycles. The number of hydrogen-bond acceptors (Lipinski definition) is 4. The molecule has 0 spiro atoms. The van der Waals surface area contributed by atoms with Crippen LogP contribution in [0.1, 0.15) is 51.6 Å². The van der Waals surface area contributed by atoms with Crippen molar-refractivity contribution in [2.75, 3.05) is 13.2 Å². The number of pyridine rings is 1. The van der Waals surface area contributed by atoms with E-state index in [1.807, 2.05) is 4.57 Å². The minimum absolute atomic E-state index is 0.178. The SMILES string of the molecule is CC(C)CCn1cc(O)c(=O)cc1CN1CCCCC1CCO. The molecule has 1 aliphatic heterocycles. The molecule has 5 heteroatoms. The van der Waals surface area contributed by atoms with Gasteiger partial charge in [-0.25, -0.2) is 0 Å². The zero-order valence-corrected chi connectivity index (χ0v) is 14.4. The fourth-order valence-corrected chi connectivity index (χ4v) is 3.30. The average Bonchev–Trinajstić information content (AvgIpc) is 2.51. The van der Waals surface area contributed by atoms with Crippen molar-refractivity contribution in [2.45, 2.75) is 65.1 Å². The summed E-state index contributed by atoms with van der Waals surface area (Å²) in [7, 11) is 0. The first-order valence-corrected chi connectivity index (χ1v) is 8.78. The first kappa shape index (κ1) is 18.0. The highest BCUT2D eigenvalue weighted by atomic mass is 16.3. The quantitative estimate of drug-likeness (QED) is 0.809. The summed E-state index contributed by atoms with van der Waals surface area (Å²) in [6.45, 7) is 7.06. The molecule has 0 aliphatic carbocycles. The van der Waals surface area contributed by atoms with Gasteiger partial charge in [-0.15, -0.1) is 0 Å². The Morgan fingerprint density at radius 2 is 2.13 bits per heavy atom. The Kier molecular flexibility index (Phi) is 6.66. The largest absolute Gasteiger partial charge is 0.503 e. The maximum absolute atomic E-state index is 11.9. The van der Waals surface area contributed by atoms with Crippen LogP contribution in [0.2, 0.25) is 0 Å². The number of nitrogens with zero attached hydrogens (tertiary/aromatic N) is 2. The molecule has 23 heavy (non-hydrogen) atoms. The van der Waals surface area contributed by atoms with Crippen LogP contribution in [0.15, 0.2) is 17.1 Å². The molecule has 5 nitrogen and oxygen atoms in total. The van der Waals surface area contributed by atoms with Gasteiger partial charge >= 0.3 is 0 Å². The molecule has 1 aromatic rings. The zero-order chi connectivity index (χ0) is 16.8. The molecule has 1 atom stereocenters. The zero-order valence-electron chi connectivity index (χ0n) is 14.4. The van der Waals surface area contributed by atoms with Gasteiger partial charge in [0.2, 0.25) is 5.43 Å². The molecule has 0 radical (unpaired) electrons. The van der Waals surface area contributed by atoms with Gasteiger partial charge in [0, 0.05) is 37.5 Å². The van der Waals surface area contributed by atoms with Crippen molar-refractivity contribution >= 4 is 0 Å². The minimum atomic E-state index is -0.309. The lowest BCUT2D eigenvalue weighted by molar-refractivity contribution is 0.109. The second kappa shape index (κ2) is 8.50. The molecular weight excluding hydrogens is 292 g/mol. The normalized spacial score (nSPS) is 19.4. The molecule has 0 amide bonds. The molecule has 1 aliphatic rings. The number of aromatic nitrogens is 1. The van der Waals surface area contributed by atoms with E-state index in [-0.39, 0.29) is 17.8 Å². The molecule has 0 bridgehead atoms. The maximum atomic E-state index is 11.9. The number of rotatable bonds is 7. The summed E-state index contributed by atoms with van der Waals surface area (Å²) in [5.74, 6) is 0.393. The lowest BCUT2D eigenvalue weighted by Gasteiger charge is -2.36. The van der Waals surface area contributed by atoms with Gasteiger partial charge in [0.25, 0.3) is 0 Å². The van der Waals surface area contributed by atoms with Crippen LogP contribution in [-0.4, -0.2) is 38.9 Å². The lowest BCUT2D eigenvalue weighted by Crippen LogP contribution is -2.40. The van der Waals surface area contributed by atoms with Crippen LogP contribution in [0.3, 0.4) is 0 Å². The second-order valence-electron chi connectivity index (χ2n) is 7.02. The van der Waals surface area contributed by atoms with E-state index in [4.69, 9.17) is 0 Å². The van der Waals surface area contributed by atoms with Crippen LogP contribution in [0.4, 0.5) is 0 Å². The van der Waals surface area contributed by atoms with Crippen molar-refractivity contribution in [3.05, 3.63) is 28.2 Å². The van der Waals surface area contributed by atoms with Crippen LogP contribution in [0, 0.1) is 5.92 Å². The first-order valence-electron chi connectivity index (χ1n) is 8.78. The van der Waals surface area contributed by atoms with Crippen LogP contribution in [-0.2, 0) is 13.1 Å². The Labute approximate surface area is 138 Å². The predicted molar refractivity (Wildman–Crippen MR) is 91.6 cm³/mol. The van der Waals surface area contributed by atoms with Gasteiger partial charge in [-0.1, -0.05) is 20.3 Å². The van der Waals surface area contributed by atoms with Crippen molar-refractivity contribution in [3.8, 4) is 5.75 Å². The van der Waals surface area contributed by atoms with Crippen LogP contribution >= 0.6 is 0 Å².